The molecule has 7 heteroatoms. The van der Waals surface area contributed by atoms with Gasteiger partial charge in [-0.25, -0.2) is 13.1 Å². The van der Waals surface area contributed by atoms with Crippen LogP contribution < -0.4 is 9.60 Å². The van der Waals surface area contributed by atoms with Crippen molar-refractivity contribution in [3.63, 3.8) is 0 Å². The Morgan fingerprint density at radius 2 is 1.84 bits per heavy atom. The van der Waals surface area contributed by atoms with E-state index in [4.69, 9.17) is 0 Å². The molecule has 1 atom stereocenters. The SMILES string of the molecule is Cc1ccc(C)c([C@@H](C)NS(=O)(=O)c2ccc3c(c2)sc(=O)n3C)c1. The van der Waals surface area contributed by atoms with Crippen LogP contribution in [0.5, 0.6) is 0 Å². The molecule has 132 valence electrons. The number of aromatic nitrogens is 1. The van der Waals surface area contributed by atoms with E-state index in [2.05, 4.69) is 4.72 Å². The molecule has 5 nitrogen and oxygen atoms in total. The predicted molar refractivity (Wildman–Crippen MR) is 102 cm³/mol. The zero-order valence-corrected chi connectivity index (χ0v) is 16.2. The first-order valence-electron chi connectivity index (χ1n) is 7.88. The van der Waals surface area contributed by atoms with Gasteiger partial charge in [-0.05, 0) is 50.1 Å². The van der Waals surface area contributed by atoms with Crippen LogP contribution in [0.2, 0.25) is 0 Å². The van der Waals surface area contributed by atoms with Crippen molar-refractivity contribution in [2.75, 3.05) is 0 Å². The molecule has 1 heterocycles. The van der Waals surface area contributed by atoms with Crippen LogP contribution in [0.1, 0.15) is 29.7 Å². The largest absolute Gasteiger partial charge is 0.307 e. The van der Waals surface area contributed by atoms with Crippen molar-refractivity contribution >= 4 is 31.6 Å². The lowest BCUT2D eigenvalue weighted by Crippen LogP contribution is -2.27. The zero-order chi connectivity index (χ0) is 18.4. The lowest BCUT2D eigenvalue weighted by molar-refractivity contribution is 0.566. The second-order valence-electron chi connectivity index (χ2n) is 6.26. The first-order valence-corrected chi connectivity index (χ1v) is 10.2. The van der Waals surface area contributed by atoms with Crippen molar-refractivity contribution in [3.8, 4) is 0 Å². The second-order valence-corrected chi connectivity index (χ2v) is 8.97. The molecular weight excluding hydrogens is 356 g/mol. The minimum absolute atomic E-state index is 0.110. The topological polar surface area (TPSA) is 68.2 Å². The number of rotatable bonds is 4. The summed E-state index contributed by atoms with van der Waals surface area (Å²) in [6.45, 7) is 5.78. The van der Waals surface area contributed by atoms with Crippen LogP contribution in [-0.4, -0.2) is 13.0 Å². The highest BCUT2D eigenvalue weighted by Crippen LogP contribution is 2.24. The van der Waals surface area contributed by atoms with Gasteiger partial charge in [0.1, 0.15) is 0 Å². The first kappa shape index (κ1) is 17.8. The average Bonchev–Trinajstić information content (AvgIpc) is 2.83. The third-order valence-corrected chi connectivity index (χ3v) is 6.84. The van der Waals surface area contributed by atoms with Crippen LogP contribution in [0.4, 0.5) is 0 Å². The normalized spacial score (nSPS) is 13.3. The van der Waals surface area contributed by atoms with Crippen LogP contribution in [0.15, 0.2) is 46.1 Å². The van der Waals surface area contributed by atoms with Crippen molar-refractivity contribution < 1.29 is 8.42 Å². The first-order chi connectivity index (χ1) is 11.7. The van der Waals surface area contributed by atoms with Crippen LogP contribution in [0, 0.1) is 13.8 Å². The Hall–Kier alpha value is -1.96. The molecule has 1 N–H and O–H groups in total. The number of hydrogen-bond acceptors (Lipinski definition) is 4. The molecular formula is C18H20N2O3S2. The number of aryl methyl sites for hydroxylation is 3. The summed E-state index contributed by atoms with van der Waals surface area (Å²) in [5.41, 5.74) is 3.81. The molecule has 0 spiro atoms. The molecule has 1 aromatic heterocycles. The summed E-state index contributed by atoms with van der Waals surface area (Å²) < 4.78 is 30.4. The molecule has 0 aliphatic carbocycles. The molecule has 0 saturated heterocycles. The third-order valence-electron chi connectivity index (χ3n) is 4.31. The van der Waals surface area contributed by atoms with Crippen molar-refractivity contribution in [1.82, 2.24) is 9.29 Å². The minimum atomic E-state index is -3.69. The van der Waals surface area contributed by atoms with Crippen LogP contribution in [-0.2, 0) is 17.1 Å². The smallest absolute Gasteiger partial charge is 0.302 e. The molecule has 25 heavy (non-hydrogen) atoms. The van der Waals surface area contributed by atoms with Gasteiger partial charge in [0.05, 0.1) is 15.1 Å². The second kappa shape index (κ2) is 6.40. The summed E-state index contributed by atoms with van der Waals surface area (Å²) in [5, 5.41) is 0. The summed E-state index contributed by atoms with van der Waals surface area (Å²) in [7, 11) is -2.01. The lowest BCUT2D eigenvalue weighted by atomic mass is 10.0. The quantitative estimate of drug-likeness (QED) is 0.760. The van der Waals surface area contributed by atoms with Crippen LogP contribution >= 0.6 is 11.3 Å². The Morgan fingerprint density at radius 1 is 1.12 bits per heavy atom. The maximum absolute atomic E-state index is 12.8. The Kier molecular flexibility index (Phi) is 4.57. The molecule has 0 unspecified atom stereocenters. The van der Waals surface area contributed by atoms with E-state index in [-0.39, 0.29) is 15.8 Å². The van der Waals surface area contributed by atoms with Crippen LogP contribution in [0.25, 0.3) is 10.2 Å². The van der Waals surface area contributed by atoms with Crippen LogP contribution in [0.3, 0.4) is 0 Å². The molecule has 0 saturated carbocycles. The molecule has 0 aliphatic heterocycles. The lowest BCUT2D eigenvalue weighted by Gasteiger charge is -2.17. The van der Waals surface area contributed by atoms with Gasteiger partial charge in [0, 0.05) is 13.1 Å². The summed E-state index contributed by atoms with van der Waals surface area (Å²) in [6.07, 6.45) is 0. The molecule has 0 aliphatic rings. The molecule has 0 fully saturated rings. The molecule has 3 aromatic rings. The maximum atomic E-state index is 12.8. The van der Waals surface area contributed by atoms with E-state index in [1.807, 2.05) is 39.0 Å². The van der Waals surface area contributed by atoms with Gasteiger partial charge in [-0.2, -0.15) is 0 Å². The molecule has 0 bridgehead atoms. The monoisotopic (exact) mass is 376 g/mol. The number of sulfonamides is 1. The van der Waals surface area contributed by atoms with Gasteiger partial charge in [-0.3, -0.25) is 4.79 Å². The number of hydrogen-bond donors (Lipinski definition) is 1. The molecule has 0 radical (unpaired) electrons. The fourth-order valence-corrected chi connectivity index (χ4v) is 5.11. The number of nitrogens with one attached hydrogen (secondary N) is 1. The van der Waals surface area contributed by atoms with Gasteiger partial charge in [-0.1, -0.05) is 35.1 Å². The van der Waals surface area contributed by atoms with E-state index in [1.165, 1.54) is 10.6 Å². The molecule has 0 amide bonds. The highest BCUT2D eigenvalue weighted by molar-refractivity contribution is 7.89. The van der Waals surface area contributed by atoms with Crippen molar-refractivity contribution in [1.29, 1.82) is 0 Å². The number of thiazole rings is 1. The van der Waals surface area contributed by atoms with E-state index in [9.17, 15) is 13.2 Å². The Balaban J connectivity index is 1.96. The number of fused-ring (bicyclic) bond motifs is 1. The van der Waals surface area contributed by atoms with E-state index in [0.29, 0.717) is 4.70 Å². The Morgan fingerprint density at radius 3 is 2.56 bits per heavy atom. The maximum Gasteiger partial charge on any atom is 0.307 e. The average molecular weight is 377 g/mol. The van der Waals surface area contributed by atoms with Crippen molar-refractivity contribution in [3.05, 3.63) is 62.8 Å². The zero-order valence-electron chi connectivity index (χ0n) is 14.5. The molecule has 2 aromatic carbocycles. The highest BCUT2D eigenvalue weighted by atomic mass is 32.2. The summed E-state index contributed by atoms with van der Waals surface area (Å²) in [5.74, 6) is 0. The summed E-state index contributed by atoms with van der Waals surface area (Å²) in [4.78, 5) is 11.8. The van der Waals surface area contributed by atoms with Gasteiger partial charge in [-0.15, -0.1) is 0 Å². The van der Waals surface area contributed by atoms with E-state index in [1.54, 1.807) is 19.2 Å². The van der Waals surface area contributed by atoms with Gasteiger partial charge >= 0.3 is 4.87 Å². The van der Waals surface area contributed by atoms with Gasteiger partial charge in [0.25, 0.3) is 0 Å². The Labute approximate surface area is 151 Å². The fourth-order valence-electron chi connectivity index (χ4n) is 2.87. The summed E-state index contributed by atoms with van der Waals surface area (Å²) >= 11 is 1.04. The van der Waals surface area contributed by atoms with Gasteiger partial charge < -0.3 is 4.57 Å². The minimum Gasteiger partial charge on any atom is -0.302 e. The van der Waals surface area contributed by atoms with Gasteiger partial charge in [0.15, 0.2) is 0 Å². The fraction of sp³-hybridized carbons (Fsp3) is 0.278. The third kappa shape index (κ3) is 3.40. The van der Waals surface area contributed by atoms with E-state index < -0.39 is 10.0 Å². The highest BCUT2D eigenvalue weighted by Gasteiger charge is 2.20. The number of benzene rings is 2. The Bertz CT molecular complexity index is 1110. The van der Waals surface area contributed by atoms with E-state index in [0.717, 1.165) is 33.5 Å². The number of nitrogens with zero attached hydrogens (tertiary/aromatic N) is 1. The van der Waals surface area contributed by atoms with Gasteiger partial charge in [0.2, 0.25) is 10.0 Å². The van der Waals surface area contributed by atoms with Crippen molar-refractivity contribution in [2.24, 2.45) is 7.05 Å². The summed E-state index contributed by atoms with van der Waals surface area (Å²) in [6, 6.07) is 10.4. The predicted octanol–water partition coefficient (Wildman–Crippen LogP) is 3.26. The standard InChI is InChI=1S/C18H20N2O3S2/c1-11-5-6-12(2)15(9-11)13(3)19-25(22,23)14-7-8-16-17(10-14)24-18(21)20(16)4/h5-10,13,19H,1-4H3/t13-/m1/s1. The van der Waals surface area contributed by atoms with E-state index >= 15 is 0 Å². The molecule has 3 rings (SSSR count). The van der Waals surface area contributed by atoms with Crippen molar-refractivity contribution in [2.45, 2.75) is 31.7 Å².